The third-order valence-electron chi connectivity index (χ3n) is 5.92. The smallest absolute Gasteiger partial charge is 0.258 e. The second-order valence-corrected chi connectivity index (χ2v) is 10.7. The van der Waals surface area contributed by atoms with Crippen LogP contribution in [0.15, 0.2) is 52.1 Å². The van der Waals surface area contributed by atoms with Gasteiger partial charge in [-0.1, -0.05) is 18.2 Å². The molecule has 1 aromatic heterocycles. The van der Waals surface area contributed by atoms with Crippen molar-refractivity contribution in [3.05, 3.63) is 53.4 Å². The van der Waals surface area contributed by atoms with Crippen molar-refractivity contribution in [2.75, 3.05) is 23.3 Å². The first-order valence-electron chi connectivity index (χ1n) is 10.2. The fourth-order valence-electron chi connectivity index (χ4n) is 4.50. The van der Waals surface area contributed by atoms with Crippen molar-refractivity contribution in [2.45, 2.75) is 30.0 Å². The number of thiophene rings is 1. The van der Waals surface area contributed by atoms with E-state index in [1.165, 1.54) is 4.31 Å². The summed E-state index contributed by atoms with van der Waals surface area (Å²) in [5, 5.41) is 6.24. The summed E-state index contributed by atoms with van der Waals surface area (Å²) in [6.07, 6.45) is 1.10. The Labute approximate surface area is 184 Å². The molecule has 3 heterocycles. The van der Waals surface area contributed by atoms with Gasteiger partial charge in [-0.15, -0.1) is 11.3 Å². The molecule has 1 saturated heterocycles. The van der Waals surface area contributed by atoms with Crippen LogP contribution in [0, 0.1) is 0 Å². The second-order valence-electron chi connectivity index (χ2n) is 7.60. The average Bonchev–Trinajstić information content (AvgIpc) is 3.51. The van der Waals surface area contributed by atoms with Crippen molar-refractivity contribution in [3.63, 3.8) is 0 Å². The van der Waals surface area contributed by atoms with E-state index >= 15 is 0 Å². The Balaban J connectivity index is 1.48. The zero-order chi connectivity index (χ0) is 21.8. The molecule has 0 bridgehead atoms. The molecule has 3 aromatic rings. The van der Waals surface area contributed by atoms with Crippen LogP contribution >= 0.6 is 11.3 Å². The lowest BCUT2D eigenvalue weighted by Gasteiger charge is -2.23. The summed E-state index contributed by atoms with van der Waals surface area (Å²) in [6, 6.07) is 11.6. The van der Waals surface area contributed by atoms with Gasteiger partial charge in [-0.3, -0.25) is 9.59 Å². The van der Waals surface area contributed by atoms with Crippen LogP contribution in [0.2, 0.25) is 0 Å². The van der Waals surface area contributed by atoms with E-state index in [1.807, 2.05) is 19.1 Å². The van der Waals surface area contributed by atoms with Crippen LogP contribution in [0.5, 0.6) is 0 Å². The number of sulfonamides is 1. The van der Waals surface area contributed by atoms with Crippen LogP contribution in [-0.2, 0) is 14.8 Å². The minimum absolute atomic E-state index is 0.0458. The zero-order valence-electron chi connectivity index (χ0n) is 16.9. The quantitative estimate of drug-likeness (QED) is 0.636. The third-order valence-corrected chi connectivity index (χ3v) is 9.20. The lowest BCUT2D eigenvalue weighted by molar-refractivity contribution is -0.119. The minimum Gasteiger partial charge on any atom is -0.324 e. The molecule has 0 unspecified atom stereocenters. The summed E-state index contributed by atoms with van der Waals surface area (Å²) < 4.78 is 27.5. The molecule has 7 nitrogen and oxygen atoms in total. The van der Waals surface area contributed by atoms with E-state index in [0.717, 1.165) is 27.8 Å². The maximum absolute atomic E-state index is 13.2. The summed E-state index contributed by atoms with van der Waals surface area (Å²) >= 11 is 1.15. The van der Waals surface area contributed by atoms with Gasteiger partial charge in [0.25, 0.3) is 15.9 Å². The minimum atomic E-state index is -3.71. The average molecular weight is 456 g/mol. The largest absolute Gasteiger partial charge is 0.324 e. The molecule has 31 heavy (non-hydrogen) atoms. The molecule has 0 spiro atoms. The first kappa shape index (κ1) is 20.2. The van der Waals surface area contributed by atoms with E-state index < -0.39 is 16.1 Å². The van der Waals surface area contributed by atoms with Gasteiger partial charge in [0.05, 0.1) is 5.69 Å². The van der Waals surface area contributed by atoms with Crippen molar-refractivity contribution in [2.24, 2.45) is 0 Å². The predicted molar refractivity (Wildman–Crippen MR) is 121 cm³/mol. The highest BCUT2D eigenvalue weighted by molar-refractivity contribution is 7.91. The van der Waals surface area contributed by atoms with Gasteiger partial charge in [-0.25, -0.2) is 8.42 Å². The molecule has 0 radical (unpaired) electrons. The Kier molecular flexibility index (Phi) is 4.84. The fourth-order valence-corrected chi connectivity index (χ4v) is 7.28. The van der Waals surface area contributed by atoms with Crippen LogP contribution in [-0.4, -0.2) is 43.7 Å². The molecule has 2 aliphatic rings. The molecule has 9 heteroatoms. The van der Waals surface area contributed by atoms with E-state index in [0.29, 0.717) is 37.2 Å². The second kappa shape index (κ2) is 7.44. The summed E-state index contributed by atoms with van der Waals surface area (Å²) in [4.78, 5) is 27.6. The van der Waals surface area contributed by atoms with E-state index in [-0.39, 0.29) is 16.0 Å². The van der Waals surface area contributed by atoms with Crippen LogP contribution in [0.1, 0.15) is 30.1 Å². The van der Waals surface area contributed by atoms with Crippen molar-refractivity contribution in [3.8, 4) is 0 Å². The van der Waals surface area contributed by atoms with Crippen molar-refractivity contribution < 1.29 is 18.0 Å². The Hall–Kier alpha value is -2.75. The number of nitrogens with zero attached hydrogens (tertiary/aromatic N) is 2. The highest BCUT2D eigenvalue weighted by Gasteiger charge is 2.40. The van der Waals surface area contributed by atoms with Crippen LogP contribution in [0.3, 0.4) is 0 Å². The van der Waals surface area contributed by atoms with Gasteiger partial charge in [0.1, 0.15) is 10.3 Å². The van der Waals surface area contributed by atoms with Gasteiger partial charge < -0.3 is 10.2 Å². The molecule has 2 aliphatic heterocycles. The Morgan fingerprint density at radius 1 is 1.19 bits per heavy atom. The summed E-state index contributed by atoms with van der Waals surface area (Å²) in [7, 11) is -3.71. The number of carbonyl (C=O) groups excluding carboxylic acids is 2. The van der Waals surface area contributed by atoms with Crippen LogP contribution in [0.4, 0.5) is 11.4 Å². The molecule has 1 fully saturated rings. The van der Waals surface area contributed by atoms with E-state index in [9.17, 15) is 18.0 Å². The van der Waals surface area contributed by atoms with Crippen molar-refractivity contribution in [1.29, 1.82) is 0 Å². The molecule has 0 saturated carbocycles. The Morgan fingerprint density at radius 3 is 2.77 bits per heavy atom. The summed E-state index contributed by atoms with van der Waals surface area (Å²) in [5.41, 5.74) is 2.03. The number of anilines is 2. The van der Waals surface area contributed by atoms with Crippen molar-refractivity contribution >= 4 is 55.3 Å². The monoisotopic (exact) mass is 455 g/mol. The number of amides is 2. The number of benzene rings is 2. The van der Waals surface area contributed by atoms with Gasteiger partial charge in [-0.2, -0.15) is 4.31 Å². The standard InChI is InChI=1S/C22H21N3O4S2/c1-2-24-17-11-10-16(14-6-3-7-15(20(14)17)22(24)27)23-21(26)18-8-4-12-25(18)31(28,29)19-9-5-13-30-19/h3,5-7,9-11,13,18H,2,4,8,12H2,1H3,(H,23,26)/t18-/m0/s1. The number of hydrogen-bond acceptors (Lipinski definition) is 5. The SMILES string of the molecule is CCN1C(=O)c2cccc3c(NC(=O)[C@@H]4CCCN4S(=O)(=O)c4cccs4)ccc1c23. The molecule has 0 aliphatic carbocycles. The molecule has 5 rings (SSSR count). The lowest BCUT2D eigenvalue weighted by atomic mass is 10.0. The Morgan fingerprint density at radius 2 is 2.03 bits per heavy atom. The van der Waals surface area contributed by atoms with Crippen molar-refractivity contribution in [1.82, 2.24) is 4.31 Å². The van der Waals surface area contributed by atoms with Gasteiger partial charge in [0.15, 0.2) is 0 Å². The van der Waals surface area contributed by atoms with Crippen LogP contribution < -0.4 is 10.2 Å². The number of carbonyl (C=O) groups is 2. The molecular formula is C22H21N3O4S2. The predicted octanol–water partition coefficient (Wildman–Crippen LogP) is 3.67. The van der Waals surface area contributed by atoms with Gasteiger partial charge in [0.2, 0.25) is 5.91 Å². The Bertz CT molecular complexity index is 1300. The highest BCUT2D eigenvalue weighted by Crippen LogP contribution is 2.40. The molecule has 2 aromatic carbocycles. The van der Waals surface area contributed by atoms with E-state index in [1.54, 1.807) is 40.6 Å². The number of nitrogens with one attached hydrogen (secondary N) is 1. The normalized spacial score (nSPS) is 18.8. The zero-order valence-corrected chi connectivity index (χ0v) is 18.5. The summed E-state index contributed by atoms with van der Waals surface area (Å²) in [6.45, 7) is 2.81. The molecule has 160 valence electrons. The van der Waals surface area contributed by atoms with Gasteiger partial charge in [-0.05, 0) is 49.4 Å². The van der Waals surface area contributed by atoms with Crippen LogP contribution in [0.25, 0.3) is 10.8 Å². The highest BCUT2D eigenvalue weighted by atomic mass is 32.2. The fraction of sp³-hybridized carbons (Fsp3) is 0.273. The maximum atomic E-state index is 13.2. The maximum Gasteiger partial charge on any atom is 0.258 e. The molecule has 1 N–H and O–H groups in total. The van der Waals surface area contributed by atoms with Gasteiger partial charge in [0, 0.05) is 35.1 Å². The first-order chi connectivity index (χ1) is 14.9. The molecule has 1 atom stereocenters. The lowest BCUT2D eigenvalue weighted by Crippen LogP contribution is -2.42. The molecular weight excluding hydrogens is 434 g/mol. The van der Waals surface area contributed by atoms with Gasteiger partial charge >= 0.3 is 0 Å². The molecule has 2 amide bonds. The topological polar surface area (TPSA) is 86.8 Å². The number of hydrogen-bond donors (Lipinski definition) is 1. The third kappa shape index (κ3) is 3.07. The number of rotatable bonds is 5. The van der Waals surface area contributed by atoms with E-state index in [2.05, 4.69) is 5.32 Å². The van der Waals surface area contributed by atoms with E-state index in [4.69, 9.17) is 0 Å². The first-order valence-corrected chi connectivity index (χ1v) is 12.5. The summed E-state index contributed by atoms with van der Waals surface area (Å²) in [5.74, 6) is -0.398.